The summed E-state index contributed by atoms with van der Waals surface area (Å²) in [7, 11) is 5.54. The van der Waals surface area contributed by atoms with Gasteiger partial charge in [0.25, 0.3) is 11.1 Å². The minimum absolute atomic E-state index is 0.119. The van der Waals surface area contributed by atoms with Crippen LogP contribution >= 0.6 is 11.8 Å². The first-order chi connectivity index (χ1) is 13.0. The molecule has 140 valence electrons. The van der Waals surface area contributed by atoms with Gasteiger partial charge in [0, 0.05) is 25.5 Å². The topological polar surface area (TPSA) is 61.9 Å². The molecule has 27 heavy (non-hydrogen) atoms. The summed E-state index contributed by atoms with van der Waals surface area (Å²) >= 11 is 0.956. The highest BCUT2D eigenvalue weighted by molar-refractivity contribution is 8.18. The molecule has 1 saturated heterocycles. The highest BCUT2D eigenvalue weighted by Crippen LogP contribution is 2.32. The number of anilines is 2. The number of imide groups is 1. The first-order valence-electron chi connectivity index (χ1n) is 8.38. The Bertz CT molecular complexity index is 861. The van der Waals surface area contributed by atoms with E-state index in [1.54, 1.807) is 13.2 Å². The lowest BCUT2D eigenvalue weighted by Gasteiger charge is -2.14. The highest BCUT2D eigenvalue weighted by Gasteiger charge is 2.34. The first-order valence-corrected chi connectivity index (χ1v) is 9.20. The number of amides is 2. The molecular formula is C20H21N3O3S. The summed E-state index contributed by atoms with van der Waals surface area (Å²) in [6, 6.07) is 15.1. The van der Waals surface area contributed by atoms with E-state index in [2.05, 4.69) is 5.32 Å². The highest BCUT2D eigenvalue weighted by atomic mass is 32.2. The van der Waals surface area contributed by atoms with Crippen LogP contribution in [0.4, 0.5) is 16.2 Å². The number of nitrogens with one attached hydrogen (secondary N) is 1. The van der Waals surface area contributed by atoms with Crippen LogP contribution in [0.2, 0.25) is 0 Å². The van der Waals surface area contributed by atoms with Crippen LogP contribution in [0.25, 0.3) is 6.08 Å². The van der Waals surface area contributed by atoms with Gasteiger partial charge in [-0.2, -0.15) is 0 Å². The van der Waals surface area contributed by atoms with Crippen molar-refractivity contribution in [2.45, 2.75) is 0 Å². The summed E-state index contributed by atoms with van der Waals surface area (Å²) in [5, 5.41) is 2.81. The molecule has 1 N–H and O–H groups in total. The average molecular weight is 383 g/mol. The summed E-state index contributed by atoms with van der Waals surface area (Å²) in [6.45, 7) is 0.119. The van der Waals surface area contributed by atoms with Gasteiger partial charge in [-0.1, -0.05) is 12.1 Å². The van der Waals surface area contributed by atoms with Gasteiger partial charge in [-0.3, -0.25) is 14.5 Å². The molecule has 0 aromatic heterocycles. The van der Waals surface area contributed by atoms with Gasteiger partial charge in [0.1, 0.15) is 5.75 Å². The van der Waals surface area contributed by atoms with E-state index in [0.29, 0.717) is 4.91 Å². The lowest BCUT2D eigenvalue weighted by atomic mass is 10.2. The number of methoxy groups -OCH3 is 1. The number of thioether (sulfide) groups is 1. The van der Waals surface area contributed by atoms with Gasteiger partial charge in [0.15, 0.2) is 0 Å². The molecule has 0 radical (unpaired) electrons. The maximum Gasteiger partial charge on any atom is 0.295 e. The molecule has 2 amide bonds. The molecule has 0 unspecified atom stereocenters. The van der Waals surface area contributed by atoms with Crippen LogP contribution in [0.15, 0.2) is 53.4 Å². The third-order valence-corrected chi connectivity index (χ3v) is 5.02. The summed E-state index contributed by atoms with van der Waals surface area (Å²) in [5.74, 6) is 0.456. The van der Waals surface area contributed by atoms with Crippen molar-refractivity contribution in [3.05, 3.63) is 59.0 Å². The Balaban J connectivity index is 1.66. The van der Waals surface area contributed by atoms with E-state index in [9.17, 15) is 9.59 Å². The minimum Gasteiger partial charge on any atom is -0.497 e. The molecule has 0 saturated carbocycles. The van der Waals surface area contributed by atoms with E-state index in [1.807, 2.05) is 67.5 Å². The van der Waals surface area contributed by atoms with Crippen LogP contribution in [-0.4, -0.2) is 43.9 Å². The van der Waals surface area contributed by atoms with Crippen molar-refractivity contribution in [1.82, 2.24) is 4.90 Å². The molecule has 0 atom stereocenters. The normalized spacial score (nSPS) is 15.4. The van der Waals surface area contributed by atoms with Crippen LogP contribution in [-0.2, 0) is 4.79 Å². The van der Waals surface area contributed by atoms with Crippen molar-refractivity contribution in [1.29, 1.82) is 0 Å². The van der Waals surface area contributed by atoms with Gasteiger partial charge >= 0.3 is 0 Å². The second kappa shape index (κ2) is 8.18. The predicted octanol–water partition coefficient (Wildman–Crippen LogP) is 3.87. The van der Waals surface area contributed by atoms with Gasteiger partial charge < -0.3 is 15.0 Å². The zero-order chi connectivity index (χ0) is 19.4. The van der Waals surface area contributed by atoms with Crippen molar-refractivity contribution in [2.24, 2.45) is 0 Å². The molecular weight excluding hydrogens is 362 g/mol. The number of ether oxygens (including phenoxy) is 1. The van der Waals surface area contributed by atoms with E-state index < -0.39 is 0 Å². The number of hydrogen-bond acceptors (Lipinski definition) is 6. The number of carbonyl (C=O) groups excluding carboxylic acids is 2. The molecule has 1 heterocycles. The van der Waals surface area contributed by atoms with E-state index in [1.165, 1.54) is 4.90 Å². The maximum absolute atomic E-state index is 12.6. The third-order valence-electron chi connectivity index (χ3n) is 4.11. The van der Waals surface area contributed by atoms with Crippen LogP contribution in [0.1, 0.15) is 5.56 Å². The van der Waals surface area contributed by atoms with E-state index in [-0.39, 0.29) is 17.8 Å². The summed E-state index contributed by atoms with van der Waals surface area (Å²) in [4.78, 5) is 28.4. The second-order valence-electron chi connectivity index (χ2n) is 6.16. The molecule has 2 aromatic carbocycles. The number of rotatable bonds is 6. The van der Waals surface area contributed by atoms with Crippen molar-refractivity contribution in [2.75, 3.05) is 38.1 Å². The number of carbonyl (C=O) groups is 2. The molecule has 7 heteroatoms. The monoisotopic (exact) mass is 383 g/mol. The summed E-state index contributed by atoms with van der Waals surface area (Å²) in [5.41, 5.74) is 2.76. The quantitative estimate of drug-likeness (QED) is 0.764. The third kappa shape index (κ3) is 4.43. The molecule has 1 aliphatic heterocycles. The van der Waals surface area contributed by atoms with Gasteiger partial charge in [0.05, 0.1) is 18.7 Å². The van der Waals surface area contributed by atoms with Crippen molar-refractivity contribution >= 4 is 40.4 Å². The largest absolute Gasteiger partial charge is 0.497 e. The molecule has 1 fully saturated rings. The molecule has 3 rings (SSSR count). The standard InChI is InChI=1S/C20H21N3O3S/c1-22(2)16-8-4-14(5-9-16)12-18-19(24)23(20(25)27-18)13-21-15-6-10-17(26-3)11-7-15/h4-12,21H,13H2,1-3H3. The Morgan fingerprint density at radius 1 is 1.07 bits per heavy atom. The fourth-order valence-corrected chi connectivity index (χ4v) is 3.37. The zero-order valence-corrected chi connectivity index (χ0v) is 16.2. The van der Waals surface area contributed by atoms with Crippen LogP contribution in [0.3, 0.4) is 0 Å². The SMILES string of the molecule is COc1ccc(NCN2C(=O)SC(=Cc3ccc(N(C)C)cc3)C2=O)cc1. The van der Waals surface area contributed by atoms with Crippen LogP contribution in [0.5, 0.6) is 5.75 Å². The molecule has 0 bridgehead atoms. The van der Waals surface area contributed by atoms with Gasteiger partial charge in [0.2, 0.25) is 0 Å². The Hall–Kier alpha value is -2.93. The number of benzene rings is 2. The lowest BCUT2D eigenvalue weighted by molar-refractivity contribution is -0.122. The van der Waals surface area contributed by atoms with Crippen molar-refractivity contribution in [3.63, 3.8) is 0 Å². The average Bonchev–Trinajstić information content (AvgIpc) is 2.94. The second-order valence-corrected chi connectivity index (χ2v) is 7.15. The Morgan fingerprint density at radius 2 is 1.74 bits per heavy atom. The van der Waals surface area contributed by atoms with E-state index in [0.717, 1.165) is 34.4 Å². The van der Waals surface area contributed by atoms with Gasteiger partial charge in [-0.25, -0.2) is 0 Å². The number of nitrogens with zero attached hydrogens (tertiary/aromatic N) is 2. The maximum atomic E-state index is 12.6. The van der Waals surface area contributed by atoms with E-state index >= 15 is 0 Å². The Kier molecular flexibility index (Phi) is 5.71. The minimum atomic E-state index is -0.289. The molecule has 6 nitrogen and oxygen atoms in total. The molecule has 2 aromatic rings. The summed E-state index contributed by atoms with van der Waals surface area (Å²) < 4.78 is 5.11. The van der Waals surface area contributed by atoms with E-state index in [4.69, 9.17) is 4.74 Å². The Morgan fingerprint density at radius 3 is 2.33 bits per heavy atom. The zero-order valence-electron chi connectivity index (χ0n) is 15.4. The van der Waals surface area contributed by atoms with Crippen LogP contribution in [0, 0.1) is 0 Å². The van der Waals surface area contributed by atoms with Crippen molar-refractivity contribution < 1.29 is 14.3 Å². The fourth-order valence-electron chi connectivity index (χ4n) is 2.54. The molecule has 1 aliphatic rings. The number of hydrogen-bond donors (Lipinski definition) is 1. The molecule has 0 aliphatic carbocycles. The predicted molar refractivity (Wildman–Crippen MR) is 110 cm³/mol. The molecule has 0 spiro atoms. The lowest BCUT2D eigenvalue weighted by Crippen LogP contribution is -2.33. The first kappa shape index (κ1) is 18.8. The van der Waals surface area contributed by atoms with Crippen LogP contribution < -0.4 is 15.0 Å². The smallest absolute Gasteiger partial charge is 0.295 e. The van der Waals surface area contributed by atoms with Gasteiger partial charge in [-0.15, -0.1) is 0 Å². The Labute approximate surface area is 162 Å². The van der Waals surface area contributed by atoms with Crippen molar-refractivity contribution in [3.8, 4) is 5.75 Å². The summed E-state index contributed by atoms with van der Waals surface area (Å²) in [6.07, 6.45) is 1.75. The van der Waals surface area contributed by atoms with Gasteiger partial charge in [-0.05, 0) is 59.8 Å². The fraction of sp³-hybridized carbons (Fsp3) is 0.200.